The standard InChI is InChI=1S/C17H25N3O4S/c1-11(2)12-6-4-5-7-13(12)19-15(21)10-24-16(22)14(8-9-25-3)20-17(18)23/h4-7,11,14H,8-10H2,1-3H3,(H,19,21)(H3,18,20,23)/t14-/m0/s1. The topological polar surface area (TPSA) is 111 Å². The number of hydrogen-bond acceptors (Lipinski definition) is 5. The van der Waals surface area contributed by atoms with Gasteiger partial charge in [0, 0.05) is 5.69 Å². The smallest absolute Gasteiger partial charge is 0.329 e. The Kier molecular flexibility index (Phi) is 8.83. The Labute approximate surface area is 152 Å². The van der Waals surface area contributed by atoms with Crippen LogP contribution in [0.3, 0.4) is 0 Å². The fourth-order valence-corrected chi connectivity index (χ4v) is 2.67. The zero-order valence-electron chi connectivity index (χ0n) is 14.7. The summed E-state index contributed by atoms with van der Waals surface area (Å²) in [7, 11) is 0. The molecule has 138 valence electrons. The van der Waals surface area contributed by atoms with Gasteiger partial charge in [-0.25, -0.2) is 9.59 Å². The lowest BCUT2D eigenvalue weighted by molar-refractivity contribution is -0.149. The predicted octanol–water partition coefficient (Wildman–Crippen LogP) is 2.08. The largest absolute Gasteiger partial charge is 0.454 e. The second kappa shape index (κ2) is 10.6. The Hall–Kier alpha value is -2.22. The highest BCUT2D eigenvalue weighted by Crippen LogP contribution is 2.23. The highest BCUT2D eigenvalue weighted by molar-refractivity contribution is 7.98. The van der Waals surface area contributed by atoms with Crippen LogP contribution in [0.4, 0.5) is 10.5 Å². The van der Waals surface area contributed by atoms with E-state index in [1.54, 1.807) is 6.07 Å². The average molecular weight is 367 g/mol. The molecule has 0 aliphatic heterocycles. The van der Waals surface area contributed by atoms with Gasteiger partial charge in [0.25, 0.3) is 5.91 Å². The van der Waals surface area contributed by atoms with Crippen LogP contribution in [0.2, 0.25) is 0 Å². The molecule has 1 rings (SSSR count). The summed E-state index contributed by atoms with van der Waals surface area (Å²) in [5.74, 6) is -0.229. The minimum atomic E-state index is -0.860. The molecule has 1 atom stereocenters. The van der Waals surface area contributed by atoms with Crippen LogP contribution < -0.4 is 16.4 Å². The van der Waals surface area contributed by atoms with E-state index in [1.165, 1.54) is 11.8 Å². The molecule has 25 heavy (non-hydrogen) atoms. The SMILES string of the molecule is CSCC[C@H](NC(N)=O)C(=O)OCC(=O)Nc1ccccc1C(C)C. The minimum Gasteiger partial charge on any atom is -0.454 e. The number of rotatable bonds is 9. The van der Waals surface area contributed by atoms with Crippen molar-refractivity contribution in [3.63, 3.8) is 0 Å². The lowest BCUT2D eigenvalue weighted by Crippen LogP contribution is -2.45. The van der Waals surface area contributed by atoms with Gasteiger partial charge >= 0.3 is 12.0 Å². The highest BCUT2D eigenvalue weighted by Gasteiger charge is 2.22. The van der Waals surface area contributed by atoms with Gasteiger partial charge in [-0.3, -0.25) is 4.79 Å². The summed E-state index contributed by atoms with van der Waals surface area (Å²) in [4.78, 5) is 35.1. The second-order valence-electron chi connectivity index (χ2n) is 5.74. The van der Waals surface area contributed by atoms with E-state index < -0.39 is 30.6 Å². The van der Waals surface area contributed by atoms with Crippen molar-refractivity contribution in [2.24, 2.45) is 5.73 Å². The molecule has 1 aromatic carbocycles. The summed E-state index contributed by atoms with van der Waals surface area (Å²) in [5, 5.41) is 5.07. The summed E-state index contributed by atoms with van der Waals surface area (Å²) >= 11 is 1.53. The number of esters is 1. The van der Waals surface area contributed by atoms with Crippen LogP contribution in [0.15, 0.2) is 24.3 Å². The molecule has 4 N–H and O–H groups in total. The van der Waals surface area contributed by atoms with Crippen molar-refractivity contribution in [3.05, 3.63) is 29.8 Å². The Morgan fingerprint density at radius 3 is 2.52 bits per heavy atom. The van der Waals surface area contributed by atoms with Crippen LogP contribution in [0.25, 0.3) is 0 Å². The number of nitrogens with two attached hydrogens (primary N) is 1. The van der Waals surface area contributed by atoms with Gasteiger partial charge < -0.3 is 21.1 Å². The van der Waals surface area contributed by atoms with Gasteiger partial charge in [0.1, 0.15) is 6.04 Å². The normalized spacial score (nSPS) is 11.7. The van der Waals surface area contributed by atoms with Gasteiger partial charge in [0.2, 0.25) is 0 Å². The maximum absolute atomic E-state index is 12.0. The third-order valence-corrected chi connectivity index (χ3v) is 4.06. The quantitative estimate of drug-likeness (QED) is 0.579. The van der Waals surface area contributed by atoms with E-state index >= 15 is 0 Å². The number of nitrogens with one attached hydrogen (secondary N) is 2. The molecule has 0 bridgehead atoms. The molecule has 0 unspecified atom stereocenters. The van der Waals surface area contributed by atoms with E-state index in [0.29, 0.717) is 17.9 Å². The molecule has 0 saturated carbocycles. The van der Waals surface area contributed by atoms with Crippen molar-refractivity contribution >= 4 is 35.4 Å². The summed E-state index contributed by atoms with van der Waals surface area (Å²) in [5.41, 5.74) is 6.75. The fraction of sp³-hybridized carbons (Fsp3) is 0.471. The maximum atomic E-state index is 12.0. The summed E-state index contributed by atoms with van der Waals surface area (Å²) < 4.78 is 5.01. The molecular formula is C17H25N3O4S. The molecule has 0 aliphatic carbocycles. The van der Waals surface area contributed by atoms with E-state index in [-0.39, 0.29) is 5.92 Å². The lowest BCUT2D eigenvalue weighted by Gasteiger charge is -2.17. The van der Waals surface area contributed by atoms with Gasteiger partial charge in [-0.1, -0.05) is 32.0 Å². The Morgan fingerprint density at radius 1 is 1.24 bits per heavy atom. The number of amides is 3. The average Bonchev–Trinajstić information content (AvgIpc) is 2.56. The second-order valence-corrected chi connectivity index (χ2v) is 6.73. The van der Waals surface area contributed by atoms with Crippen LogP contribution in [-0.2, 0) is 14.3 Å². The molecule has 0 heterocycles. The third-order valence-electron chi connectivity index (χ3n) is 3.41. The van der Waals surface area contributed by atoms with Crippen LogP contribution in [0.5, 0.6) is 0 Å². The minimum absolute atomic E-state index is 0.245. The number of para-hydroxylation sites is 1. The van der Waals surface area contributed by atoms with Gasteiger partial charge in [-0.05, 0) is 36.0 Å². The number of primary amides is 1. The molecule has 0 aliphatic rings. The fourth-order valence-electron chi connectivity index (χ4n) is 2.19. The maximum Gasteiger partial charge on any atom is 0.329 e. The molecular weight excluding hydrogens is 342 g/mol. The van der Waals surface area contributed by atoms with Crippen molar-refractivity contribution in [1.29, 1.82) is 0 Å². The van der Waals surface area contributed by atoms with Crippen molar-refractivity contribution < 1.29 is 19.1 Å². The summed E-state index contributed by atoms with van der Waals surface area (Å²) in [6.07, 6.45) is 2.26. The number of ether oxygens (including phenoxy) is 1. The first-order chi connectivity index (χ1) is 11.8. The van der Waals surface area contributed by atoms with Gasteiger partial charge in [-0.2, -0.15) is 11.8 Å². The molecule has 1 aromatic rings. The first-order valence-corrected chi connectivity index (χ1v) is 9.34. The number of carbonyl (C=O) groups is 3. The first-order valence-electron chi connectivity index (χ1n) is 7.95. The van der Waals surface area contributed by atoms with Crippen LogP contribution in [-0.4, -0.2) is 42.6 Å². The van der Waals surface area contributed by atoms with Crippen molar-refractivity contribution in [3.8, 4) is 0 Å². The van der Waals surface area contributed by atoms with E-state index in [4.69, 9.17) is 10.5 Å². The molecule has 0 saturated heterocycles. The number of anilines is 1. The Morgan fingerprint density at radius 2 is 1.92 bits per heavy atom. The van der Waals surface area contributed by atoms with E-state index in [1.807, 2.05) is 38.3 Å². The van der Waals surface area contributed by atoms with Crippen LogP contribution in [0.1, 0.15) is 31.7 Å². The molecule has 0 aromatic heterocycles. The number of benzene rings is 1. The number of thioether (sulfide) groups is 1. The number of carbonyl (C=O) groups excluding carboxylic acids is 3. The first kappa shape index (κ1) is 20.8. The molecule has 0 radical (unpaired) electrons. The Bertz CT molecular complexity index is 607. The van der Waals surface area contributed by atoms with E-state index in [9.17, 15) is 14.4 Å². The predicted molar refractivity (Wildman–Crippen MR) is 99.6 cm³/mol. The zero-order valence-corrected chi connectivity index (χ0v) is 15.5. The van der Waals surface area contributed by atoms with E-state index in [2.05, 4.69) is 10.6 Å². The molecule has 0 spiro atoms. The van der Waals surface area contributed by atoms with Gasteiger partial charge in [0.15, 0.2) is 6.61 Å². The molecule has 0 fully saturated rings. The Balaban J connectivity index is 2.59. The van der Waals surface area contributed by atoms with Crippen LogP contribution in [0, 0.1) is 0 Å². The van der Waals surface area contributed by atoms with Gasteiger partial charge in [0.05, 0.1) is 0 Å². The lowest BCUT2D eigenvalue weighted by atomic mass is 10.0. The van der Waals surface area contributed by atoms with Gasteiger partial charge in [-0.15, -0.1) is 0 Å². The summed E-state index contributed by atoms with van der Waals surface area (Å²) in [6, 6.07) is 5.78. The zero-order chi connectivity index (χ0) is 18.8. The summed E-state index contributed by atoms with van der Waals surface area (Å²) in [6.45, 7) is 3.62. The third kappa shape index (κ3) is 7.47. The molecule has 8 heteroatoms. The van der Waals surface area contributed by atoms with Crippen molar-refractivity contribution in [1.82, 2.24) is 5.32 Å². The van der Waals surface area contributed by atoms with Crippen molar-refractivity contribution in [2.45, 2.75) is 32.2 Å². The highest BCUT2D eigenvalue weighted by atomic mass is 32.2. The monoisotopic (exact) mass is 367 g/mol. The number of hydrogen-bond donors (Lipinski definition) is 3. The molecule has 7 nitrogen and oxygen atoms in total. The van der Waals surface area contributed by atoms with Crippen molar-refractivity contribution in [2.75, 3.05) is 23.9 Å². The molecule has 3 amide bonds. The van der Waals surface area contributed by atoms with E-state index in [0.717, 1.165) is 5.56 Å². The number of urea groups is 1. The van der Waals surface area contributed by atoms with Crippen LogP contribution >= 0.6 is 11.8 Å².